The summed E-state index contributed by atoms with van der Waals surface area (Å²) >= 11 is 1.43. The Morgan fingerprint density at radius 2 is 2.25 bits per heavy atom. The van der Waals surface area contributed by atoms with Crippen molar-refractivity contribution >= 4 is 17.2 Å². The van der Waals surface area contributed by atoms with Crippen LogP contribution in [0.4, 0.5) is 0 Å². The molecule has 6 nitrogen and oxygen atoms in total. The number of nitrogens with zero attached hydrogens (tertiary/aromatic N) is 2. The van der Waals surface area contributed by atoms with Crippen molar-refractivity contribution in [2.24, 2.45) is 7.05 Å². The van der Waals surface area contributed by atoms with Gasteiger partial charge in [0.25, 0.3) is 5.91 Å². The number of nitrogens with one attached hydrogen (secondary N) is 1. The standard InChI is InChI=1S/C17H19N3O3S/c1-11-15(12(2)20(3)19-11)16(21)18-10-17(22,13-6-7-23-9-13)14-5-4-8-24-14/h4-9,22H,10H2,1-3H3,(H,18,21)/t17-/m0/s1. The molecular formula is C17H19N3O3S. The smallest absolute Gasteiger partial charge is 0.255 e. The summed E-state index contributed by atoms with van der Waals surface area (Å²) in [5.74, 6) is -0.253. The van der Waals surface area contributed by atoms with Crippen LogP contribution in [0.5, 0.6) is 0 Å². The molecule has 0 radical (unpaired) electrons. The predicted molar refractivity (Wildman–Crippen MR) is 91.0 cm³/mol. The number of furan rings is 1. The molecule has 0 saturated heterocycles. The van der Waals surface area contributed by atoms with E-state index in [9.17, 15) is 9.90 Å². The van der Waals surface area contributed by atoms with Crippen LogP contribution >= 0.6 is 11.3 Å². The number of hydrogen-bond acceptors (Lipinski definition) is 5. The molecule has 24 heavy (non-hydrogen) atoms. The largest absolute Gasteiger partial charge is 0.472 e. The van der Waals surface area contributed by atoms with Gasteiger partial charge < -0.3 is 14.8 Å². The van der Waals surface area contributed by atoms with Gasteiger partial charge in [-0.15, -0.1) is 11.3 Å². The van der Waals surface area contributed by atoms with E-state index >= 15 is 0 Å². The molecule has 0 aliphatic carbocycles. The Hall–Kier alpha value is -2.38. The molecule has 0 aliphatic rings. The Kier molecular flexibility index (Phi) is 4.29. The van der Waals surface area contributed by atoms with E-state index < -0.39 is 5.60 Å². The number of carbonyl (C=O) groups excluding carboxylic acids is 1. The highest BCUT2D eigenvalue weighted by Gasteiger charge is 2.34. The van der Waals surface area contributed by atoms with Gasteiger partial charge in [-0.25, -0.2) is 0 Å². The molecule has 0 saturated carbocycles. The fraction of sp³-hybridized carbons (Fsp3) is 0.294. The summed E-state index contributed by atoms with van der Waals surface area (Å²) in [4.78, 5) is 13.3. The number of thiophene rings is 1. The number of aryl methyl sites for hydroxylation is 2. The number of amides is 1. The quantitative estimate of drug-likeness (QED) is 0.744. The maximum atomic E-state index is 12.6. The van der Waals surface area contributed by atoms with Gasteiger partial charge in [0.15, 0.2) is 0 Å². The van der Waals surface area contributed by atoms with Crippen LogP contribution in [0, 0.1) is 13.8 Å². The minimum Gasteiger partial charge on any atom is -0.472 e. The van der Waals surface area contributed by atoms with E-state index in [1.807, 2.05) is 24.4 Å². The van der Waals surface area contributed by atoms with Gasteiger partial charge in [-0.2, -0.15) is 5.10 Å². The van der Waals surface area contributed by atoms with Gasteiger partial charge >= 0.3 is 0 Å². The third-order valence-electron chi connectivity index (χ3n) is 4.17. The minimum atomic E-state index is -1.33. The summed E-state index contributed by atoms with van der Waals surface area (Å²) < 4.78 is 6.78. The Bertz CT molecular complexity index is 801. The molecule has 0 unspecified atom stereocenters. The molecule has 3 rings (SSSR count). The predicted octanol–water partition coefficient (Wildman–Crippen LogP) is 2.36. The van der Waals surface area contributed by atoms with Crippen LogP contribution in [0.3, 0.4) is 0 Å². The fourth-order valence-corrected chi connectivity index (χ4v) is 3.59. The van der Waals surface area contributed by atoms with Crippen LogP contribution in [-0.2, 0) is 12.6 Å². The number of hydrogen-bond donors (Lipinski definition) is 2. The third kappa shape index (κ3) is 2.76. The number of carbonyl (C=O) groups is 1. The topological polar surface area (TPSA) is 80.3 Å². The average Bonchev–Trinajstić information content (AvgIpc) is 3.28. The molecule has 0 spiro atoms. The Morgan fingerprint density at radius 3 is 2.79 bits per heavy atom. The zero-order valence-corrected chi connectivity index (χ0v) is 14.6. The molecule has 1 atom stereocenters. The molecule has 0 bridgehead atoms. The third-order valence-corrected chi connectivity index (χ3v) is 5.19. The van der Waals surface area contributed by atoms with Gasteiger partial charge in [-0.1, -0.05) is 6.07 Å². The molecule has 1 amide bonds. The SMILES string of the molecule is Cc1nn(C)c(C)c1C(=O)NC[C@](O)(c1ccoc1)c1cccs1. The lowest BCUT2D eigenvalue weighted by molar-refractivity contribution is 0.0713. The minimum absolute atomic E-state index is 0.0413. The summed E-state index contributed by atoms with van der Waals surface area (Å²) in [6.07, 6.45) is 3.00. The van der Waals surface area contributed by atoms with Gasteiger partial charge in [0.2, 0.25) is 0 Å². The maximum Gasteiger partial charge on any atom is 0.255 e. The molecule has 0 aromatic carbocycles. The maximum absolute atomic E-state index is 12.6. The highest BCUT2D eigenvalue weighted by Crippen LogP contribution is 2.32. The van der Waals surface area contributed by atoms with E-state index in [1.165, 1.54) is 23.9 Å². The zero-order chi connectivity index (χ0) is 17.3. The molecule has 7 heteroatoms. The molecule has 0 aliphatic heterocycles. The van der Waals surface area contributed by atoms with Crippen molar-refractivity contribution < 1.29 is 14.3 Å². The van der Waals surface area contributed by atoms with Crippen LogP contribution in [0.15, 0.2) is 40.5 Å². The van der Waals surface area contributed by atoms with Gasteiger partial charge in [-0.05, 0) is 31.4 Å². The van der Waals surface area contributed by atoms with Gasteiger partial charge in [-0.3, -0.25) is 9.48 Å². The molecule has 3 aromatic heterocycles. The van der Waals surface area contributed by atoms with E-state index in [4.69, 9.17) is 4.42 Å². The van der Waals surface area contributed by atoms with Crippen molar-refractivity contribution in [3.8, 4) is 0 Å². The van der Waals surface area contributed by atoms with Crippen LogP contribution in [0.25, 0.3) is 0 Å². The molecule has 3 aromatic rings. The summed E-state index contributed by atoms with van der Waals surface area (Å²) in [7, 11) is 1.80. The first-order chi connectivity index (χ1) is 11.4. The van der Waals surface area contributed by atoms with E-state index in [0.29, 0.717) is 16.8 Å². The summed E-state index contributed by atoms with van der Waals surface area (Å²) in [5.41, 5.74) is 1.26. The highest BCUT2D eigenvalue weighted by atomic mass is 32.1. The summed E-state index contributed by atoms with van der Waals surface area (Å²) in [6.45, 7) is 3.68. The first-order valence-electron chi connectivity index (χ1n) is 7.51. The van der Waals surface area contributed by atoms with Gasteiger partial charge in [0.05, 0.1) is 30.3 Å². The fourth-order valence-electron chi connectivity index (χ4n) is 2.74. The average molecular weight is 345 g/mol. The number of aromatic nitrogens is 2. The lowest BCUT2D eigenvalue weighted by Gasteiger charge is -2.26. The molecule has 3 heterocycles. The van der Waals surface area contributed by atoms with Crippen molar-refractivity contribution in [3.05, 3.63) is 63.5 Å². The van der Waals surface area contributed by atoms with Crippen molar-refractivity contribution in [1.29, 1.82) is 0 Å². The molecule has 0 fully saturated rings. The van der Waals surface area contributed by atoms with Crippen molar-refractivity contribution in [1.82, 2.24) is 15.1 Å². The number of rotatable bonds is 5. The second kappa shape index (κ2) is 6.26. The van der Waals surface area contributed by atoms with E-state index in [-0.39, 0.29) is 12.5 Å². The van der Waals surface area contributed by atoms with E-state index in [1.54, 1.807) is 24.7 Å². The monoisotopic (exact) mass is 345 g/mol. The van der Waals surface area contributed by atoms with Crippen LogP contribution in [-0.4, -0.2) is 27.3 Å². The molecular weight excluding hydrogens is 326 g/mol. The van der Waals surface area contributed by atoms with Crippen molar-refractivity contribution in [3.63, 3.8) is 0 Å². The first-order valence-corrected chi connectivity index (χ1v) is 8.39. The van der Waals surface area contributed by atoms with Crippen molar-refractivity contribution in [2.75, 3.05) is 6.54 Å². The second-order valence-electron chi connectivity index (χ2n) is 5.70. The van der Waals surface area contributed by atoms with E-state index in [2.05, 4.69) is 10.4 Å². The lowest BCUT2D eigenvalue weighted by atomic mass is 9.94. The highest BCUT2D eigenvalue weighted by molar-refractivity contribution is 7.10. The summed E-state index contributed by atoms with van der Waals surface area (Å²) in [5, 5.41) is 20.2. The van der Waals surface area contributed by atoms with Gasteiger partial charge in [0, 0.05) is 23.2 Å². The Morgan fingerprint density at radius 1 is 1.46 bits per heavy atom. The van der Waals surface area contributed by atoms with Crippen molar-refractivity contribution in [2.45, 2.75) is 19.4 Å². The van der Waals surface area contributed by atoms with Gasteiger partial charge in [0.1, 0.15) is 5.60 Å². The molecule has 126 valence electrons. The molecule has 2 N–H and O–H groups in total. The number of aliphatic hydroxyl groups is 1. The second-order valence-corrected chi connectivity index (χ2v) is 6.65. The van der Waals surface area contributed by atoms with Crippen LogP contribution < -0.4 is 5.32 Å². The normalized spacial score (nSPS) is 13.7. The lowest BCUT2D eigenvalue weighted by Crippen LogP contribution is -2.41. The zero-order valence-electron chi connectivity index (χ0n) is 13.7. The summed E-state index contributed by atoms with van der Waals surface area (Å²) in [6, 6.07) is 5.40. The van der Waals surface area contributed by atoms with Crippen LogP contribution in [0.2, 0.25) is 0 Å². The Labute approximate surface area is 143 Å². The van der Waals surface area contributed by atoms with Crippen LogP contribution in [0.1, 0.15) is 32.2 Å². The first kappa shape index (κ1) is 16.5. The Balaban J connectivity index is 1.86. The van der Waals surface area contributed by atoms with E-state index in [0.717, 1.165) is 10.6 Å².